The number of ether oxygens (including phenoxy) is 2. The van der Waals surface area contributed by atoms with Crippen LogP contribution < -0.4 is 14.8 Å². The van der Waals surface area contributed by atoms with Crippen LogP contribution in [0.4, 0.5) is 4.79 Å². The Balaban J connectivity index is 1.80. The van der Waals surface area contributed by atoms with Gasteiger partial charge < -0.3 is 24.1 Å². The van der Waals surface area contributed by atoms with Crippen molar-refractivity contribution in [2.45, 2.75) is 65.0 Å². The molecule has 1 N–H and O–H groups in total. The molecule has 2 atom stereocenters. The Morgan fingerprint density at radius 2 is 2.09 bits per heavy atom. The molecule has 1 aliphatic rings. The molecule has 182 valence electrons. The third-order valence-corrected chi connectivity index (χ3v) is 6.48. The van der Waals surface area contributed by atoms with Gasteiger partial charge in [0.15, 0.2) is 0 Å². The Labute approximate surface area is 200 Å². The highest BCUT2D eigenvalue weighted by Crippen LogP contribution is 2.33. The molecule has 9 heteroatoms. The minimum absolute atomic E-state index is 0.0612. The van der Waals surface area contributed by atoms with E-state index in [1.54, 1.807) is 19.5 Å². The monoisotopic (exact) mass is 466 g/mol. The fraction of sp³-hybridized carbons (Fsp3) is 0.520. The number of fused-ring (bicyclic) bond motifs is 7. The van der Waals surface area contributed by atoms with Gasteiger partial charge in [-0.1, -0.05) is 13.3 Å². The van der Waals surface area contributed by atoms with Crippen LogP contribution in [-0.4, -0.2) is 56.6 Å². The molecule has 0 spiro atoms. The zero-order valence-electron chi connectivity index (χ0n) is 20.5. The molecule has 3 aromatic rings. The molecule has 9 nitrogen and oxygen atoms in total. The summed E-state index contributed by atoms with van der Waals surface area (Å²) < 4.78 is 13.6. The maximum absolute atomic E-state index is 13.2. The molecular weight excluding hydrogens is 432 g/mol. The topological polar surface area (TPSA) is 93.9 Å². The van der Waals surface area contributed by atoms with Crippen molar-refractivity contribution in [2.75, 3.05) is 20.3 Å². The predicted molar refractivity (Wildman–Crippen MR) is 130 cm³/mol. The second-order valence-electron chi connectivity index (χ2n) is 8.61. The van der Waals surface area contributed by atoms with E-state index in [-0.39, 0.29) is 18.1 Å². The van der Waals surface area contributed by atoms with Crippen LogP contribution in [0.15, 0.2) is 30.9 Å². The Morgan fingerprint density at radius 1 is 1.24 bits per heavy atom. The summed E-state index contributed by atoms with van der Waals surface area (Å²) >= 11 is 0. The van der Waals surface area contributed by atoms with E-state index in [2.05, 4.69) is 22.2 Å². The second kappa shape index (κ2) is 10.7. The number of aromatic nitrogens is 4. The number of imidazole rings is 1. The average molecular weight is 467 g/mol. The molecule has 34 heavy (non-hydrogen) atoms. The van der Waals surface area contributed by atoms with Crippen LogP contribution in [-0.2, 0) is 0 Å². The zero-order chi connectivity index (χ0) is 24.1. The molecule has 0 saturated heterocycles. The summed E-state index contributed by atoms with van der Waals surface area (Å²) in [6.07, 6.45) is 12.0. The van der Waals surface area contributed by atoms with Crippen molar-refractivity contribution in [3.05, 3.63) is 36.5 Å². The summed E-state index contributed by atoms with van der Waals surface area (Å²) in [5.41, 5.74) is 2.92. The van der Waals surface area contributed by atoms with E-state index in [1.807, 2.05) is 41.6 Å². The van der Waals surface area contributed by atoms with Crippen LogP contribution >= 0.6 is 0 Å². The molecule has 0 aliphatic carbocycles. The first-order valence-corrected chi connectivity index (χ1v) is 12.1. The molecule has 0 radical (unpaired) electrons. The van der Waals surface area contributed by atoms with Gasteiger partial charge in [0.25, 0.3) is 5.88 Å². The average Bonchev–Trinajstić information content (AvgIpc) is 3.33. The minimum atomic E-state index is -0.226. The van der Waals surface area contributed by atoms with Gasteiger partial charge in [-0.15, -0.1) is 0 Å². The lowest BCUT2D eigenvalue weighted by Gasteiger charge is -2.30. The lowest BCUT2D eigenvalue weighted by atomic mass is 10.1. The maximum Gasteiger partial charge on any atom is 0.318 e. The number of nitrogens with zero attached hydrogens (tertiary/aromatic N) is 5. The van der Waals surface area contributed by atoms with Gasteiger partial charge in [0.1, 0.15) is 5.75 Å². The molecule has 0 fully saturated rings. The lowest BCUT2D eigenvalue weighted by molar-refractivity contribution is 0.176. The molecule has 4 bridgehead atoms. The van der Waals surface area contributed by atoms with E-state index in [0.29, 0.717) is 36.1 Å². The molecule has 0 saturated carbocycles. The van der Waals surface area contributed by atoms with Crippen LogP contribution in [0.2, 0.25) is 0 Å². The third kappa shape index (κ3) is 4.93. The summed E-state index contributed by atoms with van der Waals surface area (Å²) in [5.74, 6) is 1.10. The molecule has 1 unspecified atom stereocenters. The molecule has 1 aliphatic heterocycles. The van der Waals surface area contributed by atoms with Gasteiger partial charge in [-0.25, -0.2) is 14.8 Å². The first-order valence-electron chi connectivity index (χ1n) is 12.1. The predicted octanol–water partition coefficient (Wildman–Crippen LogP) is 4.62. The van der Waals surface area contributed by atoms with Crippen LogP contribution in [0.1, 0.15) is 64.6 Å². The SMILES string of the molecule is CCC1CCCCCOc2nc(cn3ccnc23)-c2cc(ncc2OC)[C@@H](C)N(CC)C(=O)N1. The Morgan fingerprint density at radius 3 is 2.85 bits per heavy atom. The van der Waals surface area contributed by atoms with Crippen LogP contribution in [0.3, 0.4) is 0 Å². The van der Waals surface area contributed by atoms with Crippen molar-refractivity contribution in [1.82, 2.24) is 29.6 Å². The number of methoxy groups -OCH3 is 1. The summed E-state index contributed by atoms with van der Waals surface area (Å²) in [5, 5.41) is 3.23. The minimum Gasteiger partial charge on any atom is -0.494 e. The molecule has 3 aromatic heterocycles. The van der Waals surface area contributed by atoms with Crippen LogP contribution in [0.5, 0.6) is 11.6 Å². The Bertz CT molecular complexity index is 1130. The summed E-state index contributed by atoms with van der Waals surface area (Å²) in [6.45, 7) is 7.23. The number of hydrogen-bond acceptors (Lipinski definition) is 6. The first kappa shape index (κ1) is 23.8. The zero-order valence-corrected chi connectivity index (χ0v) is 20.5. The number of urea groups is 1. The van der Waals surface area contributed by atoms with Gasteiger partial charge in [0.05, 0.1) is 37.3 Å². The van der Waals surface area contributed by atoms with E-state index >= 15 is 0 Å². The van der Waals surface area contributed by atoms with Crippen molar-refractivity contribution in [3.63, 3.8) is 0 Å². The Hall–Kier alpha value is -3.36. The summed E-state index contributed by atoms with van der Waals surface area (Å²) in [6, 6.07) is 1.80. The largest absolute Gasteiger partial charge is 0.494 e. The number of carbonyl (C=O) groups excluding carboxylic acids is 1. The molecule has 2 amide bonds. The fourth-order valence-corrected chi connectivity index (χ4v) is 4.41. The van der Waals surface area contributed by atoms with Gasteiger partial charge >= 0.3 is 6.03 Å². The number of rotatable bonds is 3. The highest BCUT2D eigenvalue weighted by Gasteiger charge is 2.25. The van der Waals surface area contributed by atoms with Crippen molar-refractivity contribution >= 4 is 11.7 Å². The third-order valence-electron chi connectivity index (χ3n) is 6.48. The van der Waals surface area contributed by atoms with E-state index in [9.17, 15) is 4.79 Å². The molecule has 0 aromatic carbocycles. The highest BCUT2D eigenvalue weighted by atomic mass is 16.5. The first-order chi connectivity index (χ1) is 16.5. The van der Waals surface area contributed by atoms with E-state index in [4.69, 9.17) is 14.5 Å². The van der Waals surface area contributed by atoms with Gasteiger partial charge in [0, 0.05) is 36.7 Å². The number of amides is 2. The van der Waals surface area contributed by atoms with Crippen molar-refractivity contribution in [2.24, 2.45) is 0 Å². The number of carbonyl (C=O) groups is 1. The standard InChI is InChI=1S/C25H34N6O3/c1-5-18-10-8-7-9-13-34-24-23-26-11-12-30(23)16-21(29-24)19-14-20(27-15-22(19)33-4)17(3)31(6-2)25(32)28-18/h11-12,14-18H,5-10,13H2,1-4H3,(H,28,32)/t17-,18?/m1/s1. The van der Waals surface area contributed by atoms with E-state index in [0.717, 1.165) is 43.4 Å². The normalized spacial score (nSPS) is 19.9. The smallest absolute Gasteiger partial charge is 0.318 e. The lowest BCUT2D eigenvalue weighted by Crippen LogP contribution is -2.45. The number of nitrogens with one attached hydrogen (secondary N) is 1. The second-order valence-corrected chi connectivity index (χ2v) is 8.61. The summed E-state index contributed by atoms with van der Waals surface area (Å²) in [7, 11) is 1.61. The fourth-order valence-electron chi connectivity index (χ4n) is 4.41. The molecule has 4 heterocycles. The molecule has 4 rings (SSSR count). The number of hydrogen-bond donors (Lipinski definition) is 1. The molecular formula is C25H34N6O3. The summed E-state index contributed by atoms with van der Waals surface area (Å²) in [4.78, 5) is 28.8. The van der Waals surface area contributed by atoms with Gasteiger partial charge in [0.2, 0.25) is 5.65 Å². The highest BCUT2D eigenvalue weighted by molar-refractivity contribution is 5.75. The quantitative estimate of drug-likeness (QED) is 0.605. The van der Waals surface area contributed by atoms with Crippen molar-refractivity contribution < 1.29 is 14.3 Å². The van der Waals surface area contributed by atoms with Gasteiger partial charge in [-0.2, -0.15) is 0 Å². The van der Waals surface area contributed by atoms with Crippen LogP contribution in [0, 0.1) is 0 Å². The number of pyridine rings is 1. The maximum atomic E-state index is 13.2. The van der Waals surface area contributed by atoms with Crippen LogP contribution in [0.25, 0.3) is 16.9 Å². The van der Waals surface area contributed by atoms with Gasteiger partial charge in [-0.3, -0.25) is 4.98 Å². The van der Waals surface area contributed by atoms with E-state index in [1.165, 1.54) is 0 Å². The van der Waals surface area contributed by atoms with Crippen molar-refractivity contribution in [3.8, 4) is 22.9 Å². The van der Waals surface area contributed by atoms with Crippen molar-refractivity contribution in [1.29, 1.82) is 0 Å². The Kier molecular flexibility index (Phi) is 7.49. The van der Waals surface area contributed by atoms with Gasteiger partial charge in [-0.05, 0) is 45.6 Å². The van der Waals surface area contributed by atoms with E-state index < -0.39 is 0 Å².